The van der Waals surface area contributed by atoms with Crippen LogP contribution in [0.1, 0.15) is 11.4 Å². The van der Waals surface area contributed by atoms with E-state index in [9.17, 15) is 0 Å². The maximum Gasteiger partial charge on any atom is 0.220 e. The van der Waals surface area contributed by atoms with Crippen LogP contribution in [0.2, 0.25) is 5.02 Å². The van der Waals surface area contributed by atoms with Crippen molar-refractivity contribution in [2.45, 2.75) is 12.8 Å². The van der Waals surface area contributed by atoms with Gasteiger partial charge in [0.25, 0.3) is 0 Å². The number of pyridine rings is 1. The third-order valence-corrected chi connectivity index (χ3v) is 4.15. The first kappa shape index (κ1) is 21.0. The van der Waals surface area contributed by atoms with Crippen LogP contribution in [0.4, 0.5) is 5.95 Å². The fraction of sp³-hybridized carbons (Fsp3) is 0.105. The highest BCUT2D eigenvalue weighted by Gasteiger charge is 2.12. The monoisotopic (exact) mass is 421 g/mol. The van der Waals surface area contributed by atoms with Gasteiger partial charge >= 0.3 is 0 Å². The molecule has 0 spiro atoms. The van der Waals surface area contributed by atoms with Crippen LogP contribution in [-0.2, 0) is 5.88 Å². The summed E-state index contributed by atoms with van der Waals surface area (Å²) in [4.78, 5) is 12.2. The second-order valence-corrected chi connectivity index (χ2v) is 6.24. The van der Waals surface area contributed by atoms with Gasteiger partial charge in [0.1, 0.15) is 5.65 Å². The fourth-order valence-electron chi connectivity index (χ4n) is 2.49. The number of aromatic nitrogens is 4. The quantitative estimate of drug-likeness (QED) is 0.452. The lowest BCUT2D eigenvalue weighted by atomic mass is 10.1. The summed E-state index contributed by atoms with van der Waals surface area (Å²) in [5, 5.41) is 0.672. The van der Waals surface area contributed by atoms with Crippen molar-refractivity contribution in [1.29, 1.82) is 0 Å². The zero-order valence-electron chi connectivity index (χ0n) is 14.5. The van der Waals surface area contributed by atoms with Gasteiger partial charge in [0.2, 0.25) is 5.95 Å². The maximum absolute atomic E-state index is 6.05. The van der Waals surface area contributed by atoms with Crippen LogP contribution < -0.4 is 5.73 Å². The third kappa shape index (κ3) is 5.10. The molecule has 0 bridgehead atoms. The van der Waals surface area contributed by atoms with E-state index >= 15 is 0 Å². The van der Waals surface area contributed by atoms with Gasteiger partial charge in [0.05, 0.1) is 22.3 Å². The van der Waals surface area contributed by atoms with E-state index < -0.39 is 0 Å². The lowest BCUT2D eigenvalue weighted by Gasteiger charge is -2.01. The van der Waals surface area contributed by atoms with Crippen LogP contribution in [0.25, 0.3) is 16.9 Å². The Morgan fingerprint density at radius 1 is 1.04 bits per heavy atom. The Bertz CT molecular complexity index is 1000. The molecule has 0 fully saturated rings. The normalized spacial score (nSPS) is 10.0. The number of benzene rings is 1. The number of fused-ring (bicyclic) bond motifs is 1. The molecular formula is C19H18Cl3N5. The summed E-state index contributed by atoms with van der Waals surface area (Å²) >= 11 is 12.1. The van der Waals surface area contributed by atoms with Gasteiger partial charge in [-0.15, -0.1) is 24.0 Å². The van der Waals surface area contributed by atoms with Crippen molar-refractivity contribution in [1.82, 2.24) is 19.4 Å². The molecule has 2 N–H and O–H groups in total. The fourth-order valence-corrected chi connectivity index (χ4v) is 2.91. The molecule has 140 valence electrons. The summed E-state index contributed by atoms with van der Waals surface area (Å²) in [6.07, 6.45) is 3.48. The Morgan fingerprint density at radius 2 is 1.78 bits per heavy atom. The van der Waals surface area contributed by atoms with Crippen LogP contribution in [0.3, 0.4) is 0 Å². The van der Waals surface area contributed by atoms with Crippen molar-refractivity contribution in [3.05, 3.63) is 77.3 Å². The SMILES string of the molecule is Cc1ccnc(N)n1.Cl.ClCc1c(-c2ccccc2)nc2ccc(Cl)cn12. The largest absolute Gasteiger partial charge is 0.368 e. The molecule has 0 atom stereocenters. The number of nitrogens with two attached hydrogens (primary N) is 1. The molecule has 5 nitrogen and oxygen atoms in total. The van der Waals surface area contributed by atoms with Gasteiger partial charge in [-0.1, -0.05) is 41.9 Å². The summed E-state index contributed by atoms with van der Waals surface area (Å²) in [7, 11) is 0. The van der Waals surface area contributed by atoms with Crippen LogP contribution >= 0.6 is 35.6 Å². The van der Waals surface area contributed by atoms with E-state index in [1.165, 1.54) is 0 Å². The van der Waals surface area contributed by atoms with E-state index in [1.54, 1.807) is 12.3 Å². The molecule has 0 saturated carbocycles. The number of nitrogens with zero attached hydrogens (tertiary/aromatic N) is 4. The van der Waals surface area contributed by atoms with Crippen LogP contribution in [0, 0.1) is 6.92 Å². The van der Waals surface area contributed by atoms with Crippen molar-refractivity contribution < 1.29 is 0 Å². The summed E-state index contributed by atoms with van der Waals surface area (Å²) in [5.41, 5.74) is 9.92. The number of hydrogen-bond acceptors (Lipinski definition) is 4. The van der Waals surface area contributed by atoms with Gasteiger partial charge in [-0.05, 0) is 25.1 Å². The second-order valence-electron chi connectivity index (χ2n) is 5.54. The number of halogens is 3. The van der Waals surface area contributed by atoms with E-state index in [-0.39, 0.29) is 12.4 Å². The first-order valence-electron chi connectivity index (χ1n) is 7.91. The zero-order chi connectivity index (χ0) is 18.5. The zero-order valence-corrected chi connectivity index (χ0v) is 16.8. The minimum absolute atomic E-state index is 0. The first-order chi connectivity index (χ1) is 12.6. The molecule has 3 aromatic heterocycles. The van der Waals surface area contributed by atoms with Crippen molar-refractivity contribution in [3.63, 3.8) is 0 Å². The third-order valence-electron chi connectivity index (χ3n) is 3.67. The molecule has 0 aliphatic heterocycles. The van der Waals surface area contributed by atoms with Gasteiger partial charge in [0.15, 0.2) is 0 Å². The molecule has 0 amide bonds. The number of anilines is 1. The number of aryl methyl sites for hydroxylation is 1. The Hall–Kier alpha value is -2.34. The molecule has 3 heterocycles. The number of hydrogen-bond donors (Lipinski definition) is 1. The number of imidazole rings is 1. The van der Waals surface area contributed by atoms with Crippen LogP contribution in [-0.4, -0.2) is 19.4 Å². The molecular weight excluding hydrogens is 405 g/mol. The number of nitrogen functional groups attached to an aromatic ring is 1. The van der Waals surface area contributed by atoms with Gasteiger partial charge < -0.3 is 10.1 Å². The van der Waals surface area contributed by atoms with E-state index in [2.05, 4.69) is 15.0 Å². The summed E-state index contributed by atoms with van der Waals surface area (Å²) in [6, 6.07) is 15.5. The summed E-state index contributed by atoms with van der Waals surface area (Å²) in [5.74, 6) is 0.733. The predicted molar refractivity (Wildman–Crippen MR) is 114 cm³/mol. The predicted octanol–water partition coefficient (Wildman–Crippen LogP) is 5.18. The lowest BCUT2D eigenvalue weighted by Crippen LogP contribution is -1.93. The van der Waals surface area contributed by atoms with E-state index in [1.807, 2.05) is 60.0 Å². The molecule has 0 aliphatic carbocycles. The van der Waals surface area contributed by atoms with Crippen molar-refractivity contribution in [3.8, 4) is 11.3 Å². The molecule has 0 unspecified atom stereocenters. The molecule has 4 rings (SSSR count). The molecule has 0 saturated heterocycles. The van der Waals surface area contributed by atoms with Crippen molar-refractivity contribution in [2.24, 2.45) is 0 Å². The van der Waals surface area contributed by atoms with E-state index in [0.29, 0.717) is 16.9 Å². The molecule has 8 heteroatoms. The second kappa shape index (κ2) is 9.55. The van der Waals surface area contributed by atoms with Gasteiger partial charge in [-0.3, -0.25) is 0 Å². The Kier molecular flexibility index (Phi) is 7.42. The highest BCUT2D eigenvalue weighted by molar-refractivity contribution is 6.30. The van der Waals surface area contributed by atoms with Crippen LogP contribution in [0.5, 0.6) is 0 Å². The van der Waals surface area contributed by atoms with Crippen LogP contribution in [0.15, 0.2) is 60.9 Å². The standard InChI is InChI=1S/C14H10Cl2N2.C5H7N3.ClH/c15-8-12-14(10-4-2-1-3-5-10)17-13-7-6-11(16)9-18(12)13;1-4-2-3-7-5(6)8-4;/h1-7,9H,8H2;2-3H,1H3,(H2,6,7,8);1H. The minimum Gasteiger partial charge on any atom is -0.368 e. The van der Waals surface area contributed by atoms with E-state index in [0.717, 1.165) is 28.3 Å². The number of rotatable bonds is 2. The lowest BCUT2D eigenvalue weighted by molar-refractivity contribution is 1.09. The van der Waals surface area contributed by atoms with Crippen molar-refractivity contribution >= 4 is 47.2 Å². The van der Waals surface area contributed by atoms with Crippen molar-refractivity contribution in [2.75, 3.05) is 5.73 Å². The highest BCUT2D eigenvalue weighted by Crippen LogP contribution is 2.26. The smallest absolute Gasteiger partial charge is 0.220 e. The Labute approximate surface area is 173 Å². The average Bonchev–Trinajstić information content (AvgIpc) is 3.00. The number of alkyl halides is 1. The Balaban J connectivity index is 0.000000247. The molecule has 4 aromatic rings. The minimum atomic E-state index is 0. The molecule has 0 aliphatic rings. The average molecular weight is 423 g/mol. The topological polar surface area (TPSA) is 69.1 Å². The Morgan fingerprint density at radius 3 is 2.37 bits per heavy atom. The summed E-state index contributed by atoms with van der Waals surface area (Å²) < 4.78 is 1.94. The summed E-state index contributed by atoms with van der Waals surface area (Å²) in [6.45, 7) is 1.87. The first-order valence-corrected chi connectivity index (χ1v) is 8.82. The van der Waals surface area contributed by atoms with Gasteiger partial charge in [-0.2, -0.15) is 0 Å². The molecule has 27 heavy (non-hydrogen) atoms. The highest BCUT2D eigenvalue weighted by atomic mass is 35.5. The maximum atomic E-state index is 6.05. The molecule has 0 radical (unpaired) electrons. The van der Waals surface area contributed by atoms with Gasteiger partial charge in [0, 0.05) is 23.7 Å². The molecule has 1 aromatic carbocycles. The van der Waals surface area contributed by atoms with Gasteiger partial charge in [-0.25, -0.2) is 15.0 Å². The van der Waals surface area contributed by atoms with E-state index in [4.69, 9.17) is 28.9 Å².